The van der Waals surface area contributed by atoms with E-state index in [9.17, 15) is 9.59 Å². The summed E-state index contributed by atoms with van der Waals surface area (Å²) >= 11 is 0. The maximum atomic E-state index is 11.9. The van der Waals surface area contributed by atoms with Crippen molar-refractivity contribution in [2.24, 2.45) is 16.6 Å². The molecule has 0 saturated carbocycles. The highest BCUT2D eigenvalue weighted by Crippen LogP contribution is 2.16. The van der Waals surface area contributed by atoms with Crippen LogP contribution in [0.2, 0.25) is 0 Å². The number of hydrogen-bond acceptors (Lipinski definition) is 4. The number of hydrogen-bond donors (Lipinski definition) is 4. The maximum absolute atomic E-state index is 11.9. The van der Waals surface area contributed by atoms with Gasteiger partial charge in [0.25, 0.3) is 0 Å². The largest absolute Gasteiger partial charge is 0.369 e. The smallest absolute Gasteiger partial charge is 0.242 e. The molecule has 1 heterocycles. The Bertz CT molecular complexity index is 499. The van der Waals surface area contributed by atoms with Crippen molar-refractivity contribution >= 4 is 41.8 Å². The van der Waals surface area contributed by atoms with Crippen molar-refractivity contribution in [1.29, 1.82) is 0 Å². The van der Waals surface area contributed by atoms with Crippen LogP contribution in [0.3, 0.4) is 0 Å². The fourth-order valence-corrected chi connectivity index (χ4v) is 3.06. The lowest BCUT2D eigenvalue weighted by Gasteiger charge is -2.30. The number of unbranched alkanes of at least 4 members (excludes halogenated alkanes) is 1. The van der Waals surface area contributed by atoms with Crippen LogP contribution < -0.4 is 21.7 Å². The second-order valence-electron chi connectivity index (χ2n) is 8.15. The van der Waals surface area contributed by atoms with E-state index in [-0.39, 0.29) is 53.8 Å². The number of piperidine rings is 1. The van der Waals surface area contributed by atoms with Crippen molar-refractivity contribution in [2.45, 2.75) is 58.9 Å². The van der Waals surface area contributed by atoms with Crippen LogP contribution in [0.15, 0.2) is 4.99 Å². The number of nitrogens with one attached hydrogen (secondary N) is 3. The van der Waals surface area contributed by atoms with Gasteiger partial charge >= 0.3 is 0 Å². The van der Waals surface area contributed by atoms with Crippen LogP contribution in [-0.4, -0.2) is 67.5 Å². The topological polar surface area (TPSA) is 112 Å². The summed E-state index contributed by atoms with van der Waals surface area (Å²) in [5, 5.41) is 9.34. The third-order valence-electron chi connectivity index (χ3n) is 4.42. The molecule has 1 fully saturated rings. The molecule has 1 aliphatic heterocycles. The normalized spacial score (nSPS) is 16.2. The third-order valence-corrected chi connectivity index (χ3v) is 4.42. The van der Waals surface area contributed by atoms with Crippen molar-refractivity contribution in [2.75, 3.05) is 39.3 Å². The van der Waals surface area contributed by atoms with Crippen molar-refractivity contribution < 1.29 is 9.59 Å². The number of amides is 2. The van der Waals surface area contributed by atoms with Gasteiger partial charge in [0.15, 0.2) is 5.96 Å². The van der Waals surface area contributed by atoms with Crippen LogP contribution in [0.4, 0.5) is 0 Å². The van der Waals surface area contributed by atoms with Crippen molar-refractivity contribution in [3.63, 3.8) is 0 Å². The van der Waals surface area contributed by atoms with Crippen LogP contribution >= 0.6 is 24.0 Å². The number of rotatable bonds is 9. The zero-order chi connectivity index (χ0) is 20.3. The molecule has 0 bridgehead atoms. The number of primary amides is 1. The molecule has 164 valence electrons. The Morgan fingerprint density at radius 2 is 1.79 bits per heavy atom. The van der Waals surface area contributed by atoms with Crippen LogP contribution in [0.25, 0.3) is 0 Å². The molecule has 0 atom stereocenters. The number of carbonyl (C=O) groups excluding carboxylic acids is 2. The van der Waals surface area contributed by atoms with Crippen LogP contribution in [0, 0.1) is 5.92 Å². The number of nitrogens with zero attached hydrogens (tertiary/aromatic N) is 2. The minimum absolute atomic E-state index is 0. The summed E-state index contributed by atoms with van der Waals surface area (Å²) in [6, 6.07) is 0. The van der Waals surface area contributed by atoms with E-state index in [4.69, 9.17) is 5.73 Å². The average Bonchev–Trinajstić information content (AvgIpc) is 2.58. The first-order valence-corrected chi connectivity index (χ1v) is 10.1. The van der Waals surface area contributed by atoms with Gasteiger partial charge in [0, 0.05) is 24.5 Å². The van der Waals surface area contributed by atoms with Gasteiger partial charge in [-0.1, -0.05) is 0 Å². The summed E-state index contributed by atoms with van der Waals surface area (Å²) in [4.78, 5) is 29.8. The maximum Gasteiger partial charge on any atom is 0.242 e. The molecule has 0 unspecified atom stereocenters. The van der Waals surface area contributed by atoms with E-state index in [1.165, 1.54) is 0 Å². The second-order valence-corrected chi connectivity index (χ2v) is 8.15. The van der Waals surface area contributed by atoms with Crippen LogP contribution in [0.1, 0.15) is 53.4 Å². The third kappa shape index (κ3) is 12.4. The summed E-state index contributed by atoms with van der Waals surface area (Å²) in [6.07, 6.45) is 3.86. The summed E-state index contributed by atoms with van der Waals surface area (Å²) in [7, 11) is 0. The molecule has 0 aromatic heterocycles. The van der Waals surface area contributed by atoms with E-state index in [2.05, 4.69) is 25.8 Å². The molecule has 0 spiro atoms. The number of aliphatic imine (C=N–C) groups is 1. The van der Waals surface area contributed by atoms with Gasteiger partial charge in [-0.25, -0.2) is 4.99 Å². The van der Waals surface area contributed by atoms with E-state index < -0.39 is 0 Å². The molecule has 1 rings (SSSR count). The quantitative estimate of drug-likeness (QED) is 0.160. The molecule has 9 heteroatoms. The van der Waals surface area contributed by atoms with Gasteiger partial charge in [-0.05, 0) is 73.0 Å². The molecule has 2 amide bonds. The Morgan fingerprint density at radius 1 is 1.14 bits per heavy atom. The highest BCUT2D eigenvalue weighted by atomic mass is 127. The molecule has 0 radical (unpaired) electrons. The Morgan fingerprint density at radius 3 is 2.32 bits per heavy atom. The molecule has 0 aromatic carbocycles. The molecule has 0 aromatic rings. The molecular weight excluding hydrogens is 471 g/mol. The Hall–Kier alpha value is -1.10. The second kappa shape index (κ2) is 14.0. The van der Waals surface area contributed by atoms with Gasteiger partial charge in [-0.2, -0.15) is 0 Å². The Balaban J connectivity index is 0.00000729. The van der Waals surface area contributed by atoms with Gasteiger partial charge in [0.2, 0.25) is 11.8 Å². The number of halogens is 1. The van der Waals surface area contributed by atoms with E-state index in [0.29, 0.717) is 5.96 Å². The zero-order valence-electron chi connectivity index (χ0n) is 17.8. The predicted octanol–water partition coefficient (Wildman–Crippen LogP) is 1.05. The first-order valence-electron chi connectivity index (χ1n) is 10.1. The van der Waals surface area contributed by atoms with E-state index in [1.54, 1.807) is 0 Å². The molecule has 28 heavy (non-hydrogen) atoms. The summed E-state index contributed by atoms with van der Waals surface area (Å²) in [6.45, 7) is 12.5. The average molecular weight is 510 g/mol. The summed E-state index contributed by atoms with van der Waals surface area (Å²) in [5.41, 5.74) is 5.12. The fraction of sp³-hybridized carbons (Fsp3) is 0.842. The molecule has 1 aliphatic rings. The minimum Gasteiger partial charge on any atom is -0.369 e. The SMILES string of the molecule is CCNC(=NCC(=O)NC(C)(C)C)NCCCCN1CCC(C(N)=O)CC1.I. The first kappa shape index (κ1) is 26.9. The lowest BCUT2D eigenvalue weighted by molar-refractivity contribution is -0.123. The van der Waals surface area contributed by atoms with Crippen molar-refractivity contribution in [1.82, 2.24) is 20.9 Å². The lowest BCUT2D eigenvalue weighted by atomic mass is 9.96. The monoisotopic (exact) mass is 510 g/mol. The molecule has 1 saturated heterocycles. The highest BCUT2D eigenvalue weighted by Gasteiger charge is 2.22. The van der Waals surface area contributed by atoms with Crippen LogP contribution in [0.5, 0.6) is 0 Å². The van der Waals surface area contributed by atoms with Crippen LogP contribution in [-0.2, 0) is 9.59 Å². The van der Waals surface area contributed by atoms with Gasteiger partial charge < -0.3 is 26.6 Å². The number of carbonyl (C=O) groups is 2. The zero-order valence-corrected chi connectivity index (χ0v) is 20.2. The van der Waals surface area contributed by atoms with E-state index in [0.717, 1.165) is 58.4 Å². The van der Waals surface area contributed by atoms with E-state index >= 15 is 0 Å². The molecule has 8 nitrogen and oxygen atoms in total. The van der Waals surface area contributed by atoms with Crippen molar-refractivity contribution in [3.8, 4) is 0 Å². The number of likely N-dealkylation sites (tertiary alicyclic amines) is 1. The summed E-state index contributed by atoms with van der Waals surface area (Å²) in [5.74, 6) is 0.477. The lowest BCUT2D eigenvalue weighted by Crippen LogP contribution is -2.43. The van der Waals surface area contributed by atoms with Crippen molar-refractivity contribution in [3.05, 3.63) is 0 Å². The standard InChI is InChI=1S/C19H38N6O2.HI/c1-5-21-18(23-14-16(26)24-19(2,3)4)22-10-6-7-11-25-12-8-15(9-13-25)17(20)27;/h15H,5-14H2,1-4H3,(H2,20,27)(H,24,26)(H2,21,22,23);1H. The van der Waals surface area contributed by atoms with Gasteiger partial charge in [-0.3, -0.25) is 9.59 Å². The number of nitrogens with two attached hydrogens (primary N) is 1. The molecule has 0 aliphatic carbocycles. The molecular formula is C19H39IN6O2. The fourth-order valence-electron chi connectivity index (χ4n) is 3.06. The summed E-state index contributed by atoms with van der Waals surface area (Å²) < 4.78 is 0. The minimum atomic E-state index is -0.246. The Labute approximate surface area is 186 Å². The first-order chi connectivity index (χ1) is 12.7. The van der Waals surface area contributed by atoms with Gasteiger partial charge in [0.05, 0.1) is 0 Å². The Kier molecular flexibility index (Phi) is 13.4. The highest BCUT2D eigenvalue weighted by molar-refractivity contribution is 14.0. The molecule has 5 N–H and O–H groups in total. The van der Waals surface area contributed by atoms with Gasteiger partial charge in [-0.15, -0.1) is 24.0 Å². The number of guanidine groups is 1. The van der Waals surface area contributed by atoms with E-state index in [1.807, 2.05) is 27.7 Å². The van der Waals surface area contributed by atoms with Gasteiger partial charge in [0.1, 0.15) is 6.54 Å². The predicted molar refractivity (Wildman–Crippen MR) is 125 cm³/mol.